The van der Waals surface area contributed by atoms with Gasteiger partial charge in [0.15, 0.2) is 0 Å². The summed E-state index contributed by atoms with van der Waals surface area (Å²) >= 11 is 0. The van der Waals surface area contributed by atoms with Crippen molar-refractivity contribution in [2.45, 2.75) is 0 Å². The number of fused-ring (bicyclic) bond motifs is 1. The van der Waals surface area contributed by atoms with E-state index in [9.17, 15) is 10.1 Å². The van der Waals surface area contributed by atoms with E-state index in [0.717, 1.165) is 43.3 Å². The Bertz CT molecular complexity index is 984. The molecule has 0 spiro atoms. The van der Waals surface area contributed by atoms with Gasteiger partial charge in [0, 0.05) is 38.4 Å². The lowest BCUT2D eigenvalue weighted by atomic mass is 10.1. The summed E-state index contributed by atoms with van der Waals surface area (Å²) in [4.78, 5) is 19.9. The molecule has 0 N–H and O–H groups in total. The van der Waals surface area contributed by atoms with Gasteiger partial charge in [-0.15, -0.1) is 0 Å². The standard InChI is InChI=1S/C20H20N4O3/c1-27-19-7-3-2-6-17(19)22-11-13-23(14-12-22)18-9-8-16(24(25)26)15-5-4-10-21-20(15)18/h2-10H,11-14H2,1H3. The van der Waals surface area contributed by atoms with Crippen LogP contribution in [0, 0.1) is 10.1 Å². The largest absolute Gasteiger partial charge is 0.495 e. The average molecular weight is 364 g/mol. The molecule has 1 fully saturated rings. The second-order valence-electron chi connectivity index (χ2n) is 6.41. The number of nitro groups is 1. The molecule has 0 aliphatic carbocycles. The Morgan fingerprint density at radius 3 is 2.37 bits per heavy atom. The van der Waals surface area contributed by atoms with Crippen molar-refractivity contribution in [3.63, 3.8) is 0 Å². The second-order valence-corrected chi connectivity index (χ2v) is 6.41. The number of hydrogen-bond acceptors (Lipinski definition) is 6. The summed E-state index contributed by atoms with van der Waals surface area (Å²) in [6, 6.07) is 14.9. The summed E-state index contributed by atoms with van der Waals surface area (Å²) in [5.74, 6) is 0.869. The number of nitro benzene ring substituents is 1. The maximum atomic E-state index is 11.3. The number of non-ortho nitro benzene ring substituents is 1. The predicted molar refractivity (Wildman–Crippen MR) is 106 cm³/mol. The minimum absolute atomic E-state index is 0.0921. The molecule has 1 aromatic heterocycles. The van der Waals surface area contributed by atoms with Crippen LogP contribution in [0.25, 0.3) is 10.9 Å². The summed E-state index contributed by atoms with van der Waals surface area (Å²) in [5, 5.41) is 11.9. The first-order valence-electron chi connectivity index (χ1n) is 8.84. The van der Waals surface area contributed by atoms with Gasteiger partial charge in [0.1, 0.15) is 11.3 Å². The summed E-state index contributed by atoms with van der Waals surface area (Å²) < 4.78 is 5.47. The van der Waals surface area contributed by atoms with E-state index >= 15 is 0 Å². The number of para-hydroxylation sites is 2. The molecular formula is C20H20N4O3. The van der Waals surface area contributed by atoms with Gasteiger partial charge < -0.3 is 14.5 Å². The van der Waals surface area contributed by atoms with Crippen LogP contribution < -0.4 is 14.5 Å². The molecule has 7 heteroatoms. The molecule has 1 aliphatic rings. The van der Waals surface area contributed by atoms with Crippen molar-refractivity contribution in [2.24, 2.45) is 0 Å². The van der Waals surface area contributed by atoms with Crippen LogP contribution in [0.15, 0.2) is 54.7 Å². The molecule has 1 saturated heterocycles. The zero-order chi connectivity index (χ0) is 18.8. The van der Waals surface area contributed by atoms with Crippen molar-refractivity contribution >= 4 is 28.0 Å². The Hall–Kier alpha value is -3.35. The maximum absolute atomic E-state index is 11.3. The van der Waals surface area contributed by atoms with Crippen molar-refractivity contribution in [1.29, 1.82) is 0 Å². The van der Waals surface area contributed by atoms with Gasteiger partial charge in [-0.2, -0.15) is 0 Å². The zero-order valence-corrected chi connectivity index (χ0v) is 15.0. The number of piperazine rings is 1. The number of benzene rings is 2. The van der Waals surface area contributed by atoms with E-state index in [2.05, 4.69) is 20.9 Å². The molecule has 0 radical (unpaired) electrons. The van der Waals surface area contributed by atoms with Crippen LogP contribution in [0.5, 0.6) is 5.75 Å². The molecule has 1 aliphatic heterocycles. The maximum Gasteiger partial charge on any atom is 0.278 e. The Labute approximate surface area is 156 Å². The second kappa shape index (κ2) is 7.11. The molecule has 2 aromatic carbocycles. The van der Waals surface area contributed by atoms with Gasteiger partial charge >= 0.3 is 0 Å². The molecule has 27 heavy (non-hydrogen) atoms. The molecule has 3 aromatic rings. The fourth-order valence-electron chi connectivity index (χ4n) is 3.64. The van der Waals surface area contributed by atoms with E-state index in [4.69, 9.17) is 4.74 Å². The predicted octanol–water partition coefficient (Wildman–Crippen LogP) is 3.48. The van der Waals surface area contributed by atoms with E-state index in [1.165, 1.54) is 0 Å². The van der Waals surface area contributed by atoms with Crippen molar-refractivity contribution < 1.29 is 9.66 Å². The summed E-state index contributed by atoms with van der Waals surface area (Å²) in [7, 11) is 1.68. The number of pyridine rings is 1. The molecule has 2 heterocycles. The third-order valence-corrected chi connectivity index (χ3v) is 4.97. The zero-order valence-electron chi connectivity index (χ0n) is 15.0. The van der Waals surface area contributed by atoms with Crippen LogP contribution in [0.3, 0.4) is 0 Å². The first kappa shape index (κ1) is 17.1. The molecule has 0 unspecified atom stereocenters. The monoisotopic (exact) mass is 364 g/mol. The van der Waals surface area contributed by atoms with E-state index in [-0.39, 0.29) is 10.6 Å². The van der Waals surface area contributed by atoms with Crippen molar-refractivity contribution in [2.75, 3.05) is 43.1 Å². The highest BCUT2D eigenvalue weighted by Gasteiger charge is 2.23. The van der Waals surface area contributed by atoms with Gasteiger partial charge in [0.05, 0.1) is 28.8 Å². The van der Waals surface area contributed by atoms with E-state index in [0.29, 0.717) is 10.9 Å². The van der Waals surface area contributed by atoms with Crippen LogP contribution in [-0.2, 0) is 0 Å². The van der Waals surface area contributed by atoms with Crippen LogP contribution in [0.4, 0.5) is 17.1 Å². The van der Waals surface area contributed by atoms with Crippen molar-refractivity contribution in [3.8, 4) is 5.75 Å². The van der Waals surface area contributed by atoms with Crippen LogP contribution in [0.2, 0.25) is 0 Å². The highest BCUT2D eigenvalue weighted by molar-refractivity contribution is 5.97. The highest BCUT2D eigenvalue weighted by Crippen LogP contribution is 2.34. The number of nitrogens with zero attached hydrogens (tertiary/aromatic N) is 4. The fourth-order valence-corrected chi connectivity index (χ4v) is 3.64. The number of rotatable bonds is 4. The van der Waals surface area contributed by atoms with Crippen LogP contribution in [-0.4, -0.2) is 43.2 Å². The van der Waals surface area contributed by atoms with E-state index < -0.39 is 0 Å². The number of hydrogen-bond donors (Lipinski definition) is 0. The normalized spacial score (nSPS) is 14.4. The Kier molecular flexibility index (Phi) is 4.50. The summed E-state index contributed by atoms with van der Waals surface area (Å²) in [6.45, 7) is 3.29. The highest BCUT2D eigenvalue weighted by atomic mass is 16.6. The minimum Gasteiger partial charge on any atom is -0.495 e. The van der Waals surface area contributed by atoms with Gasteiger partial charge in [-0.25, -0.2) is 0 Å². The molecule has 0 amide bonds. The van der Waals surface area contributed by atoms with Crippen LogP contribution in [0.1, 0.15) is 0 Å². The topological polar surface area (TPSA) is 71.7 Å². The minimum atomic E-state index is -0.354. The van der Waals surface area contributed by atoms with E-state index in [1.54, 1.807) is 31.5 Å². The van der Waals surface area contributed by atoms with Crippen LogP contribution >= 0.6 is 0 Å². The molecule has 4 rings (SSSR count). The molecule has 138 valence electrons. The lowest BCUT2D eigenvalue weighted by molar-refractivity contribution is -0.383. The molecule has 0 saturated carbocycles. The summed E-state index contributed by atoms with van der Waals surface area (Å²) in [5.41, 5.74) is 2.80. The van der Waals surface area contributed by atoms with Gasteiger partial charge in [-0.05, 0) is 30.3 Å². The van der Waals surface area contributed by atoms with Gasteiger partial charge in [-0.3, -0.25) is 15.1 Å². The van der Waals surface area contributed by atoms with Crippen molar-refractivity contribution in [1.82, 2.24) is 4.98 Å². The molecule has 7 nitrogen and oxygen atoms in total. The third-order valence-electron chi connectivity index (χ3n) is 4.97. The smallest absolute Gasteiger partial charge is 0.278 e. The SMILES string of the molecule is COc1ccccc1N1CCN(c2ccc([N+](=O)[O-])c3cccnc23)CC1. The Balaban J connectivity index is 1.60. The lowest BCUT2D eigenvalue weighted by Gasteiger charge is -2.38. The van der Waals surface area contributed by atoms with E-state index in [1.807, 2.05) is 24.3 Å². The number of ether oxygens (including phenoxy) is 1. The lowest BCUT2D eigenvalue weighted by Crippen LogP contribution is -2.46. The number of methoxy groups -OCH3 is 1. The molecular weight excluding hydrogens is 344 g/mol. The molecule has 0 bridgehead atoms. The first-order chi connectivity index (χ1) is 13.2. The number of aromatic nitrogens is 1. The quantitative estimate of drug-likeness (QED) is 0.521. The van der Waals surface area contributed by atoms with Gasteiger partial charge in [0.2, 0.25) is 0 Å². The Morgan fingerprint density at radius 1 is 0.963 bits per heavy atom. The van der Waals surface area contributed by atoms with Crippen molar-refractivity contribution in [3.05, 3.63) is 64.8 Å². The number of anilines is 2. The summed E-state index contributed by atoms with van der Waals surface area (Å²) in [6.07, 6.45) is 1.68. The first-order valence-corrected chi connectivity index (χ1v) is 8.84. The average Bonchev–Trinajstić information content (AvgIpc) is 2.73. The molecule has 0 atom stereocenters. The Morgan fingerprint density at radius 2 is 1.67 bits per heavy atom. The van der Waals surface area contributed by atoms with Gasteiger partial charge in [0.25, 0.3) is 5.69 Å². The third kappa shape index (κ3) is 3.12. The van der Waals surface area contributed by atoms with Gasteiger partial charge in [-0.1, -0.05) is 12.1 Å². The fraction of sp³-hybridized carbons (Fsp3) is 0.250.